The van der Waals surface area contributed by atoms with Crippen molar-refractivity contribution in [2.75, 3.05) is 0 Å². The van der Waals surface area contributed by atoms with E-state index < -0.39 is 40.6 Å². The van der Waals surface area contributed by atoms with Gasteiger partial charge in [0, 0.05) is 5.41 Å². The average molecular weight is 476 g/mol. The SMILES string of the molecule is CCC(c1cccc(C(F)(F)F)c1)(c1cccc(C(F)(F)F)c1)c1cccc(C(F)(F)F)c1. The van der Waals surface area contributed by atoms with Gasteiger partial charge in [-0.3, -0.25) is 0 Å². The lowest BCUT2D eigenvalue weighted by Gasteiger charge is -2.36. The molecule has 0 bridgehead atoms. The summed E-state index contributed by atoms with van der Waals surface area (Å²) < 4.78 is 121. The van der Waals surface area contributed by atoms with Gasteiger partial charge in [-0.05, 0) is 41.3 Å². The van der Waals surface area contributed by atoms with E-state index in [4.69, 9.17) is 0 Å². The predicted octanol–water partition coefficient (Wildman–Crippen LogP) is 8.49. The third kappa shape index (κ3) is 4.86. The highest BCUT2D eigenvalue weighted by Crippen LogP contribution is 2.46. The van der Waals surface area contributed by atoms with E-state index in [9.17, 15) is 39.5 Å². The molecule has 0 unspecified atom stereocenters. The van der Waals surface area contributed by atoms with Gasteiger partial charge in [0.05, 0.1) is 16.7 Å². The maximum absolute atomic E-state index is 13.4. The van der Waals surface area contributed by atoms with Crippen molar-refractivity contribution in [1.29, 1.82) is 0 Å². The Morgan fingerprint density at radius 3 is 0.909 bits per heavy atom. The molecule has 0 radical (unpaired) electrons. The lowest BCUT2D eigenvalue weighted by Crippen LogP contribution is -2.30. The molecule has 0 nitrogen and oxygen atoms in total. The Bertz CT molecular complexity index is 982. The monoisotopic (exact) mass is 476 g/mol. The largest absolute Gasteiger partial charge is 0.416 e. The Labute approximate surface area is 183 Å². The summed E-state index contributed by atoms with van der Waals surface area (Å²) in [4.78, 5) is 0. The van der Waals surface area contributed by atoms with Gasteiger partial charge in [-0.25, -0.2) is 0 Å². The van der Waals surface area contributed by atoms with Gasteiger partial charge in [-0.1, -0.05) is 61.5 Å². The number of hydrogen-bond donors (Lipinski definition) is 0. The Morgan fingerprint density at radius 2 is 0.697 bits per heavy atom. The Hall–Kier alpha value is -2.97. The van der Waals surface area contributed by atoms with Crippen LogP contribution in [-0.4, -0.2) is 0 Å². The van der Waals surface area contributed by atoms with Gasteiger partial charge in [-0.2, -0.15) is 39.5 Å². The van der Waals surface area contributed by atoms with Crippen molar-refractivity contribution in [2.45, 2.75) is 37.3 Å². The highest BCUT2D eigenvalue weighted by atomic mass is 19.4. The van der Waals surface area contributed by atoms with Crippen LogP contribution < -0.4 is 0 Å². The maximum atomic E-state index is 13.4. The van der Waals surface area contributed by atoms with Crippen LogP contribution in [0.4, 0.5) is 39.5 Å². The van der Waals surface area contributed by atoms with E-state index in [1.54, 1.807) is 0 Å². The topological polar surface area (TPSA) is 0 Å². The van der Waals surface area contributed by atoms with Crippen molar-refractivity contribution in [2.24, 2.45) is 0 Å². The van der Waals surface area contributed by atoms with Crippen molar-refractivity contribution in [3.8, 4) is 0 Å². The second-order valence-electron chi connectivity index (χ2n) is 7.49. The van der Waals surface area contributed by atoms with Gasteiger partial charge < -0.3 is 0 Å². The van der Waals surface area contributed by atoms with Gasteiger partial charge in [0.25, 0.3) is 0 Å². The highest BCUT2D eigenvalue weighted by Gasteiger charge is 2.41. The molecule has 3 rings (SSSR count). The minimum atomic E-state index is -4.75. The summed E-state index contributed by atoms with van der Waals surface area (Å²) in [6.07, 6.45) is -14.4. The first kappa shape index (κ1) is 24.7. The van der Waals surface area contributed by atoms with Gasteiger partial charge in [0.1, 0.15) is 0 Å². The molecule has 9 heteroatoms. The van der Waals surface area contributed by atoms with Gasteiger partial charge in [0.15, 0.2) is 0 Å². The maximum Gasteiger partial charge on any atom is 0.416 e. The molecule has 0 saturated heterocycles. The molecule has 0 aliphatic carbocycles. The zero-order valence-electron chi connectivity index (χ0n) is 17.0. The van der Waals surface area contributed by atoms with Crippen LogP contribution in [0.15, 0.2) is 72.8 Å². The highest BCUT2D eigenvalue weighted by molar-refractivity contribution is 5.53. The molecular weight excluding hydrogens is 459 g/mol. The molecule has 33 heavy (non-hydrogen) atoms. The standard InChI is InChI=1S/C24H17F9/c1-2-21(15-6-3-9-18(12-15)22(25,26)27,16-7-4-10-19(13-16)23(28,29)30)17-8-5-11-20(14-17)24(31,32)33/h3-14H,2H2,1H3. The van der Waals surface area contributed by atoms with Crippen LogP contribution in [0.2, 0.25) is 0 Å². The molecule has 0 aliphatic heterocycles. The van der Waals surface area contributed by atoms with Gasteiger partial charge in [-0.15, -0.1) is 0 Å². The smallest absolute Gasteiger partial charge is 0.166 e. The van der Waals surface area contributed by atoms with Crippen LogP contribution in [0.3, 0.4) is 0 Å². The van der Waals surface area contributed by atoms with Gasteiger partial charge >= 0.3 is 18.5 Å². The van der Waals surface area contributed by atoms with Gasteiger partial charge in [0.2, 0.25) is 0 Å². The van der Waals surface area contributed by atoms with E-state index in [0.717, 1.165) is 54.6 Å². The summed E-state index contributed by atoms with van der Waals surface area (Å²) in [6, 6.07) is 11.8. The zero-order chi connectivity index (χ0) is 24.7. The van der Waals surface area contributed by atoms with Crippen molar-refractivity contribution in [3.05, 3.63) is 106 Å². The zero-order valence-corrected chi connectivity index (χ0v) is 17.0. The lowest BCUT2D eigenvalue weighted by atomic mass is 9.67. The summed E-state index contributed by atoms with van der Waals surface area (Å²) in [5.74, 6) is 0. The van der Waals surface area contributed by atoms with E-state index in [-0.39, 0.29) is 23.1 Å². The van der Waals surface area contributed by atoms with Crippen LogP contribution in [-0.2, 0) is 23.9 Å². The van der Waals surface area contributed by atoms with E-state index in [1.165, 1.54) is 25.1 Å². The quantitative estimate of drug-likeness (QED) is 0.262. The average Bonchev–Trinajstić information content (AvgIpc) is 2.74. The second kappa shape index (κ2) is 8.43. The summed E-state index contributed by atoms with van der Waals surface area (Å²) in [7, 11) is 0. The molecule has 0 N–H and O–H groups in total. The third-order valence-corrected chi connectivity index (χ3v) is 5.58. The normalized spacial score (nSPS) is 13.3. The predicted molar refractivity (Wildman–Crippen MR) is 105 cm³/mol. The first-order valence-electron chi connectivity index (χ1n) is 9.73. The molecule has 3 aromatic rings. The molecule has 0 aliphatic rings. The molecule has 0 fully saturated rings. The third-order valence-electron chi connectivity index (χ3n) is 5.58. The molecular formula is C24H17F9. The Kier molecular flexibility index (Phi) is 6.30. The summed E-state index contributed by atoms with van der Waals surface area (Å²) >= 11 is 0. The molecule has 0 amide bonds. The molecule has 0 aromatic heterocycles. The van der Waals surface area contributed by atoms with Crippen LogP contribution >= 0.6 is 0 Å². The summed E-state index contributed by atoms with van der Waals surface area (Å²) in [5.41, 5.74) is -5.09. The number of benzene rings is 3. The first-order valence-corrected chi connectivity index (χ1v) is 9.73. The fourth-order valence-corrected chi connectivity index (χ4v) is 4.00. The minimum Gasteiger partial charge on any atom is -0.166 e. The van der Waals surface area contributed by atoms with E-state index >= 15 is 0 Å². The summed E-state index contributed by atoms with van der Waals surface area (Å²) in [5, 5.41) is 0. The lowest BCUT2D eigenvalue weighted by molar-refractivity contribution is -0.138. The van der Waals surface area contributed by atoms with E-state index in [0.29, 0.717) is 0 Å². The molecule has 3 aromatic carbocycles. The second-order valence-corrected chi connectivity index (χ2v) is 7.49. The fourth-order valence-electron chi connectivity index (χ4n) is 4.00. The fraction of sp³-hybridized carbons (Fsp3) is 0.250. The number of halogens is 9. The van der Waals surface area contributed by atoms with Crippen LogP contribution in [0.1, 0.15) is 46.7 Å². The molecule has 0 heterocycles. The van der Waals surface area contributed by atoms with Crippen molar-refractivity contribution in [3.63, 3.8) is 0 Å². The minimum absolute atomic E-state index is 0.0709. The van der Waals surface area contributed by atoms with Crippen LogP contribution in [0.5, 0.6) is 0 Å². The Balaban J connectivity index is 2.39. The van der Waals surface area contributed by atoms with Crippen molar-refractivity contribution >= 4 is 0 Å². The van der Waals surface area contributed by atoms with E-state index in [1.807, 2.05) is 0 Å². The summed E-state index contributed by atoms with van der Waals surface area (Å²) in [6.45, 7) is 1.50. The molecule has 0 atom stereocenters. The molecule has 176 valence electrons. The number of hydrogen-bond acceptors (Lipinski definition) is 0. The van der Waals surface area contributed by atoms with Crippen molar-refractivity contribution in [1.82, 2.24) is 0 Å². The van der Waals surface area contributed by atoms with Crippen LogP contribution in [0.25, 0.3) is 0 Å². The van der Waals surface area contributed by atoms with E-state index in [2.05, 4.69) is 0 Å². The van der Waals surface area contributed by atoms with Crippen LogP contribution in [0, 0.1) is 0 Å². The van der Waals surface area contributed by atoms with Crippen molar-refractivity contribution < 1.29 is 39.5 Å². The molecule has 0 saturated carbocycles. The molecule has 0 spiro atoms. The Morgan fingerprint density at radius 1 is 0.455 bits per heavy atom. The number of alkyl halides is 9. The first-order chi connectivity index (χ1) is 15.2. The number of rotatable bonds is 4.